The molecular weight excluding hydrogens is 308 g/mol. The molecule has 1 aliphatic carbocycles. The van der Waals surface area contributed by atoms with Crippen molar-refractivity contribution >= 4 is 18.1 Å². The SMILES string of the molecule is O=C1CC(CC2c3ccccc3-c3ccccc32)C(=O)OC(=O)O1. The molecule has 1 atom stereocenters. The van der Waals surface area contributed by atoms with Gasteiger partial charge in [-0.1, -0.05) is 48.5 Å². The molecule has 1 aliphatic heterocycles. The number of hydrogen-bond acceptors (Lipinski definition) is 5. The standard InChI is InChI=1S/C19H14O5/c20-17-10-11(18(21)24-19(22)23-17)9-16-14-7-3-1-5-12(14)13-6-2-4-8-15(13)16/h1-8,11,16H,9-10H2. The molecule has 0 radical (unpaired) electrons. The summed E-state index contributed by atoms with van der Waals surface area (Å²) >= 11 is 0. The maximum Gasteiger partial charge on any atom is 0.524 e. The Morgan fingerprint density at radius 1 is 0.833 bits per heavy atom. The van der Waals surface area contributed by atoms with Gasteiger partial charge in [-0.05, 0) is 28.7 Å². The van der Waals surface area contributed by atoms with Crippen LogP contribution in [0, 0.1) is 5.92 Å². The van der Waals surface area contributed by atoms with Gasteiger partial charge in [0.1, 0.15) is 0 Å². The van der Waals surface area contributed by atoms with E-state index >= 15 is 0 Å². The van der Waals surface area contributed by atoms with E-state index < -0.39 is 24.0 Å². The molecule has 1 saturated heterocycles. The number of carbonyl (C=O) groups is 3. The van der Waals surface area contributed by atoms with Gasteiger partial charge in [-0.2, -0.15) is 0 Å². The molecule has 5 nitrogen and oxygen atoms in total. The quantitative estimate of drug-likeness (QED) is 0.626. The van der Waals surface area contributed by atoms with E-state index in [1.807, 2.05) is 36.4 Å². The summed E-state index contributed by atoms with van der Waals surface area (Å²) in [6.45, 7) is 0. The average molecular weight is 322 g/mol. The molecule has 1 unspecified atom stereocenters. The van der Waals surface area contributed by atoms with Crippen molar-refractivity contribution in [3.63, 3.8) is 0 Å². The zero-order valence-electron chi connectivity index (χ0n) is 12.7. The van der Waals surface area contributed by atoms with E-state index in [0.29, 0.717) is 6.42 Å². The van der Waals surface area contributed by atoms with Crippen LogP contribution in [0.3, 0.4) is 0 Å². The molecule has 5 heteroatoms. The largest absolute Gasteiger partial charge is 0.524 e. The minimum Gasteiger partial charge on any atom is -0.360 e. The highest BCUT2D eigenvalue weighted by atomic mass is 16.8. The molecule has 0 bridgehead atoms. The first kappa shape index (κ1) is 14.6. The molecule has 2 aromatic carbocycles. The van der Waals surface area contributed by atoms with Gasteiger partial charge in [0.25, 0.3) is 0 Å². The number of cyclic esters (lactones) is 4. The van der Waals surface area contributed by atoms with Crippen LogP contribution in [0.5, 0.6) is 0 Å². The number of fused-ring (bicyclic) bond motifs is 3. The number of benzene rings is 2. The molecule has 0 amide bonds. The predicted octanol–water partition coefficient (Wildman–Crippen LogP) is 3.42. The zero-order valence-corrected chi connectivity index (χ0v) is 12.7. The molecule has 2 aliphatic rings. The molecule has 24 heavy (non-hydrogen) atoms. The summed E-state index contributed by atoms with van der Waals surface area (Å²) in [6, 6.07) is 16.1. The lowest BCUT2D eigenvalue weighted by molar-refractivity contribution is -0.142. The Balaban J connectivity index is 1.70. The number of esters is 2. The smallest absolute Gasteiger partial charge is 0.360 e. The van der Waals surface area contributed by atoms with Crippen molar-refractivity contribution in [2.45, 2.75) is 18.8 Å². The highest BCUT2D eigenvalue weighted by Gasteiger charge is 2.37. The Bertz CT molecular complexity index is 809. The van der Waals surface area contributed by atoms with Gasteiger partial charge in [0, 0.05) is 5.92 Å². The van der Waals surface area contributed by atoms with Crippen molar-refractivity contribution < 1.29 is 23.9 Å². The third kappa shape index (κ3) is 2.38. The van der Waals surface area contributed by atoms with E-state index in [0.717, 1.165) is 22.3 Å². The molecule has 4 rings (SSSR count). The summed E-state index contributed by atoms with van der Waals surface area (Å²) in [5.41, 5.74) is 4.52. The van der Waals surface area contributed by atoms with Gasteiger partial charge in [0.05, 0.1) is 12.3 Å². The van der Waals surface area contributed by atoms with Crippen LogP contribution < -0.4 is 0 Å². The van der Waals surface area contributed by atoms with Gasteiger partial charge in [0.15, 0.2) is 0 Å². The first-order valence-corrected chi connectivity index (χ1v) is 7.78. The van der Waals surface area contributed by atoms with Crippen molar-refractivity contribution in [2.24, 2.45) is 5.92 Å². The fourth-order valence-electron chi connectivity index (χ4n) is 3.58. The van der Waals surface area contributed by atoms with Gasteiger partial charge in [-0.3, -0.25) is 9.59 Å². The maximum atomic E-state index is 12.1. The summed E-state index contributed by atoms with van der Waals surface area (Å²) in [5, 5.41) is 0. The monoisotopic (exact) mass is 322 g/mol. The number of carbonyl (C=O) groups excluding carboxylic acids is 3. The van der Waals surface area contributed by atoms with Crippen LogP contribution >= 0.6 is 0 Å². The van der Waals surface area contributed by atoms with Gasteiger partial charge >= 0.3 is 18.1 Å². The molecule has 0 N–H and O–H groups in total. The lowest BCUT2D eigenvalue weighted by Gasteiger charge is -2.17. The van der Waals surface area contributed by atoms with E-state index in [1.165, 1.54) is 0 Å². The number of hydrogen-bond donors (Lipinski definition) is 0. The number of rotatable bonds is 2. The van der Waals surface area contributed by atoms with E-state index in [2.05, 4.69) is 21.6 Å². The summed E-state index contributed by atoms with van der Waals surface area (Å²) in [7, 11) is 0. The first-order valence-electron chi connectivity index (χ1n) is 7.78. The van der Waals surface area contributed by atoms with Gasteiger partial charge in [0.2, 0.25) is 0 Å². The van der Waals surface area contributed by atoms with Crippen LogP contribution in [0.15, 0.2) is 48.5 Å². The third-order valence-corrected chi connectivity index (χ3v) is 4.61. The molecule has 1 heterocycles. The maximum absolute atomic E-state index is 12.1. The van der Waals surface area contributed by atoms with Crippen molar-refractivity contribution in [1.29, 1.82) is 0 Å². The van der Waals surface area contributed by atoms with Crippen molar-refractivity contribution in [2.75, 3.05) is 0 Å². The van der Waals surface area contributed by atoms with E-state index in [-0.39, 0.29) is 12.3 Å². The Kier molecular flexibility index (Phi) is 3.41. The molecular formula is C19H14O5. The Labute approximate surface area is 138 Å². The van der Waals surface area contributed by atoms with Crippen molar-refractivity contribution in [1.82, 2.24) is 0 Å². The zero-order chi connectivity index (χ0) is 16.7. The Morgan fingerprint density at radius 3 is 2.04 bits per heavy atom. The Morgan fingerprint density at radius 2 is 1.42 bits per heavy atom. The van der Waals surface area contributed by atoms with Crippen LogP contribution in [0.2, 0.25) is 0 Å². The molecule has 120 valence electrons. The first-order chi connectivity index (χ1) is 11.6. The van der Waals surface area contributed by atoms with Crippen molar-refractivity contribution in [3.05, 3.63) is 59.7 Å². The summed E-state index contributed by atoms with van der Waals surface area (Å²) in [4.78, 5) is 34.9. The van der Waals surface area contributed by atoms with E-state index in [1.54, 1.807) is 0 Å². The van der Waals surface area contributed by atoms with E-state index in [9.17, 15) is 14.4 Å². The van der Waals surface area contributed by atoms with Crippen LogP contribution in [0.25, 0.3) is 11.1 Å². The normalized spacial score (nSPS) is 20.0. The average Bonchev–Trinajstić information content (AvgIpc) is 2.81. The van der Waals surface area contributed by atoms with Gasteiger partial charge in [-0.25, -0.2) is 4.79 Å². The molecule has 0 saturated carbocycles. The molecule has 0 spiro atoms. The van der Waals surface area contributed by atoms with Crippen LogP contribution in [-0.4, -0.2) is 18.1 Å². The van der Waals surface area contributed by atoms with Crippen molar-refractivity contribution in [3.8, 4) is 11.1 Å². The Hall–Kier alpha value is -2.95. The summed E-state index contributed by atoms with van der Waals surface area (Å²) < 4.78 is 8.95. The fraction of sp³-hybridized carbons (Fsp3) is 0.211. The second-order valence-electron chi connectivity index (χ2n) is 6.01. The van der Waals surface area contributed by atoms with Crippen LogP contribution in [0.1, 0.15) is 29.9 Å². The fourth-order valence-corrected chi connectivity index (χ4v) is 3.58. The minimum absolute atomic E-state index is 0.0176. The second-order valence-corrected chi connectivity index (χ2v) is 6.01. The highest BCUT2D eigenvalue weighted by Crippen LogP contribution is 2.47. The summed E-state index contributed by atoms with van der Waals surface area (Å²) in [6.07, 6.45) is -0.986. The molecule has 1 fully saturated rings. The topological polar surface area (TPSA) is 69.7 Å². The lowest BCUT2D eigenvalue weighted by Crippen LogP contribution is -2.20. The van der Waals surface area contributed by atoms with Gasteiger partial charge in [-0.15, -0.1) is 0 Å². The predicted molar refractivity (Wildman–Crippen MR) is 84.0 cm³/mol. The van der Waals surface area contributed by atoms with Crippen LogP contribution in [-0.2, 0) is 19.1 Å². The summed E-state index contributed by atoms with van der Waals surface area (Å²) in [5.74, 6) is -2.15. The van der Waals surface area contributed by atoms with E-state index in [4.69, 9.17) is 0 Å². The highest BCUT2D eigenvalue weighted by molar-refractivity contribution is 5.94. The second kappa shape index (κ2) is 5.60. The molecule has 0 aromatic heterocycles. The minimum atomic E-state index is -1.24. The number of ether oxygens (including phenoxy) is 2. The van der Waals surface area contributed by atoms with Crippen LogP contribution in [0.4, 0.5) is 4.79 Å². The van der Waals surface area contributed by atoms with Gasteiger partial charge < -0.3 is 9.47 Å². The molecule has 2 aromatic rings. The lowest BCUT2D eigenvalue weighted by atomic mass is 9.85. The third-order valence-electron chi connectivity index (χ3n) is 4.61.